The normalized spacial score (nSPS) is 31.8. The summed E-state index contributed by atoms with van der Waals surface area (Å²) >= 11 is 1.54. The van der Waals surface area contributed by atoms with Crippen LogP contribution in [0.1, 0.15) is 38.4 Å². The Kier molecular flexibility index (Phi) is 3.04. The quantitative estimate of drug-likeness (QED) is 0.893. The summed E-state index contributed by atoms with van der Waals surface area (Å²) < 4.78 is 4.31. The van der Waals surface area contributed by atoms with Crippen molar-refractivity contribution in [2.75, 3.05) is 11.4 Å². The maximum Gasteiger partial charge on any atom is 0.205 e. The Bertz CT molecular complexity index is 380. The number of nitrogens with zero attached hydrogens (tertiary/aromatic N) is 3. The van der Waals surface area contributed by atoms with Crippen molar-refractivity contribution < 1.29 is 0 Å². The number of hydrogen-bond donors (Lipinski definition) is 1. The molecule has 0 saturated carbocycles. The van der Waals surface area contributed by atoms with E-state index in [0.717, 1.165) is 29.6 Å². The fourth-order valence-corrected chi connectivity index (χ4v) is 4.04. The van der Waals surface area contributed by atoms with Crippen LogP contribution >= 0.6 is 11.5 Å². The van der Waals surface area contributed by atoms with Crippen molar-refractivity contribution in [2.24, 2.45) is 0 Å². The highest BCUT2D eigenvalue weighted by Gasteiger charge is 2.36. The molecule has 0 radical (unpaired) electrons. The highest BCUT2D eigenvalue weighted by molar-refractivity contribution is 7.09. The molecule has 2 aliphatic rings. The third-order valence-electron chi connectivity index (χ3n) is 3.99. The molecule has 2 aliphatic heterocycles. The largest absolute Gasteiger partial charge is 0.344 e. The van der Waals surface area contributed by atoms with Gasteiger partial charge in [0.2, 0.25) is 5.13 Å². The van der Waals surface area contributed by atoms with Crippen LogP contribution in [0.15, 0.2) is 0 Å². The van der Waals surface area contributed by atoms with Gasteiger partial charge in [-0.05, 0) is 39.5 Å². The van der Waals surface area contributed by atoms with Crippen LogP contribution in [-0.2, 0) is 0 Å². The molecule has 94 valence electrons. The van der Waals surface area contributed by atoms with Crippen LogP contribution in [0.3, 0.4) is 0 Å². The number of aromatic nitrogens is 2. The van der Waals surface area contributed by atoms with Gasteiger partial charge in [0.15, 0.2) is 0 Å². The molecule has 2 atom stereocenters. The Morgan fingerprint density at radius 2 is 2.06 bits per heavy atom. The van der Waals surface area contributed by atoms with Crippen LogP contribution in [-0.4, -0.2) is 34.0 Å². The molecule has 2 fully saturated rings. The summed E-state index contributed by atoms with van der Waals surface area (Å²) in [6.07, 6.45) is 5.24. The van der Waals surface area contributed by atoms with Crippen molar-refractivity contribution in [3.8, 4) is 0 Å². The van der Waals surface area contributed by atoms with Gasteiger partial charge in [0.05, 0.1) is 0 Å². The van der Waals surface area contributed by atoms with Gasteiger partial charge in [0.1, 0.15) is 5.82 Å². The number of rotatable bonds is 3. The summed E-state index contributed by atoms with van der Waals surface area (Å²) in [4.78, 5) is 7.00. The van der Waals surface area contributed by atoms with Crippen LogP contribution < -0.4 is 10.2 Å². The Morgan fingerprint density at radius 1 is 1.35 bits per heavy atom. The first-order valence-corrected chi connectivity index (χ1v) is 7.36. The van der Waals surface area contributed by atoms with E-state index in [1.807, 2.05) is 6.92 Å². The van der Waals surface area contributed by atoms with E-state index in [1.54, 1.807) is 11.5 Å². The average Bonchev–Trinajstić information content (AvgIpc) is 2.87. The Balaban J connectivity index is 1.77. The van der Waals surface area contributed by atoms with Crippen LogP contribution in [0.4, 0.5) is 5.13 Å². The molecule has 2 bridgehead atoms. The molecule has 1 aromatic heterocycles. The topological polar surface area (TPSA) is 41.1 Å². The van der Waals surface area contributed by atoms with E-state index in [4.69, 9.17) is 0 Å². The van der Waals surface area contributed by atoms with Crippen molar-refractivity contribution in [2.45, 2.75) is 57.7 Å². The zero-order chi connectivity index (χ0) is 11.8. The first-order valence-electron chi connectivity index (χ1n) is 6.59. The number of piperidine rings is 1. The lowest BCUT2D eigenvalue weighted by atomic mass is 9.98. The minimum atomic E-state index is 0.658. The number of hydrogen-bond acceptors (Lipinski definition) is 5. The Morgan fingerprint density at radius 3 is 2.59 bits per heavy atom. The van der Waals surface area contributed by atoms with E-state index in [0.29, 0.717) is 6.04 Å². The van der Waals surface area contributed by atoms with Crippen molar-refractivity contribution in [1.82, 2.24) is 14.7 Å². The van der Waals surface area contributed by atoms with Crippen molar-refractivity contribution >= 4 is 16.7 Å². The Hall–Kier alpha value is -0.680. The SMILES string of the molecule is CCN(c1nc(C)ns1)C1CC2CCC(C1)N2. The monoisotopic (exact) mass is 252 g/mol. The lowest BCUT2D eigenvalue weighted by molar-refractivity contribution is 0.349. The minimum absolute atomic E-state index is 0.658. The molecule has 0 aromatic carbocycles. The zero-order valence-electron chi connectivity index (χ0n) is 10.5. The van der Waals surface area contributed by atoms with Crippen LogP contribution in [0, 0.1) is 6.92 Å². The van der Waals surface area contributed by atoms with E-state index < -0.39 is 0 Å². The van der Waals surface area contributed by atoms with Crippen LogP contribution in [0.5, 0.6) is 0 Å². The number of fused-ring (bicyclic) bond motifs is 2. The molecule has 1 N–H and O–H groups in total. The van der Waals surface area contributed by atoms with E-state index >= 15 is 0 Å². The van der Waals surface area contributed by atoms with Gasteiger partial charge >= 0.3 is 0 Å². The maximum absolute atomic E-state index is 4.54. The van der Waals surface area contributed by atoms with Gasteiger partial charge in [-0.15, -0.1) is 0 Å². The van der Waals surface area contributed by atoms with Crippen molar-refractivity contribution in [3.63, 3.8) is 0 Å². The summed E-state index contributed by atoms with van der Waals surface area (Å²) in [6.45, 7) is 5.24. The fourth-order valence-electron chi connectivity index (χ4n) is 3.23. The summed E-state index contributed by atoms with van der Waals surface area (Å²) in [6, 6.07) is 2.13. The van der Waals surface area contributed by atoms with Gasteiger partial charge in [0, 0.05) is 36.2 Å². The molecule has 2 saturated heterocycles. The molecular weight excluding hydrogens is 232 g/mol. The molecular formula is C12H20N4S. The molecule has 4 nitrogen and oxygen atoms in total. The molecule has 0 aliphatic carbocycles. The smallest absolute Gasteiger partial charge is 0.205 e. The number of nitrogens with one attached hydrogen (secondary N) is 1. The van der Waals surface area contributed by atoms with Crippen molar-refractivity contribution in [3.05, 3.63) is 5.82 Å². The predicted molar refractivity (Wildman–Crippen MR) is 70.6 cm³/mol. The van der Waals surface area contributed by atoms with Crippen molar-refractivity contribution in [1.29, 1.82) is 0 Å². The second-order valence-electron chi connectivity index (χ2n) is 5.17. The molecule has 0 amide bonds. The Labute approximate surface area is 107 Å². The minimum Gasteiger partial charge on any atom is -0.344 e. The van der Waals surface area contributed by atoms with Gasteiger partial charge in [-0.25, -0.2) is 4.98 Å². The van der Waals surface area contributed by atoms with Gasteiger partial charge in [-0.3, -0.25) is 0 Å². The molecule has 5 heteroatoms. The first kappa shape index (κ1) is 11.4. The summed E-state index contributed by atoms with van der Waals surface area (Å²) in [7, 11) is 0. The zero-order valence-corrected chi connectivity index (χ0v) is 11.3. The summed E-state index contributed by atoms with van der Waals surface area (Å²) in [5.74, 6) is 0.903. The molecule has 3 rings (SSSR count). The third-order valence-corrected chi connectivity index (χ3v) is 4.84. The van der Waals surface area contributed by atoms with E-state index in [1.165, 1.54) is 25.7 Å². The van der Waals surface area contributed by atoms with E-state index in [9.17, 15) is 0 Å². The standard InChI is InChI=1S/C12H20N4S/c1-3-16(12-13-8(2)15-17-12)11-6-9-4-5-10(7-11)14-9/h9-11,14H,3-7H2,1-2H3. The fraction of sp³-hybridized carbons (Fsp3) is 0.833. The van der Waals surface area contributed by atoms with Gasteiger partial charge in [-0.2, -0.15) is 4.37 Å². The first-order chi connectivity index (χ1) is 8.26. The number of anilines is 1. The molecule has 1 aromatic rings. The summed E-state index contributed by atoms with van der Waals surface area (Å²) in [5, 5.41) is 4.80. The van der Waals surface area contributed by atoms with Gasteiger partial charge in [0.25, 0.3) is 0 Å². The van der Waals surface area contributed by atoms with E-state index in [-0.39, 0.29) is 0 Å². The highest BCUT2D eigenvalue weighted by Crippen LogP contribution is 2.32. The number of aryl methyl sites for hydroxylation is 1. The lowest BCUT2D eigenvalue weighted by Gasteiger charge is -2.36. The second kappa shape index (κ2) is 4.53. The van der Waals surface area contributed by atoms with Gasteiger partial charge in [-0.1, -0.05) is 0 Å². The molecule has 0 spiro atoms. The lowest BCUT2D eigenvalue weighted by Crippen LogP contribution is -2.48. The van der Waals surface area contributed by atoms with Crippen LogP contribution in [0.2, 0.25) is 0 Å². The van der Waals surface area contributed by atoms with E-state index in [2.05, 4.69) is 26.5 Å². The molecule has 3 heterocycles. The second-order valence-corrected chi connectivity index (χ2v) is 5.90. The third kappa shape index (κ3) is 2.18. The van der Waals surface area contributed by atoms with Crippen LogP contribution in [0.25, 0.3) is 0 Å². The highest BCUT2D eigenvalue weighted by atomic mass is 32.1. The average molecular weight is 252 g/mol. The maximum atomic E-state index is 4.54. The van der Waals surface area contributed by atoms with Gasteiger partial charge < -0.3 is 10.2 Å². The summed E-state index contributed by atoms with van der Waals surface area (Å²) in [5.41, 5.74) is 0. The predicted octanol–water partition coefficient (Wildman–Crippen LogP) is 1.96. The molecule has 2 unspecified atom stereocenters. The molecule has 17 heavy (non-hydrogen) atoms.